The molecule has 0 aromatic heterocycles. The van der Waals surface area contributed by atoms with Crippen molar-refractivity contribution >= 4 is 0 Å². The molecule has 1 aliphatic heterocycles. The van der Waals surface area contributed by atoms with Crippen molar-refractivity contribution in [2.75, 3.05) is 0 Å². The van der Waals surface area contributed by atoms with Crippen LogP contribution in [-0.2, 0) is 0 Å². The summed E-state index contributed by atoms with van der Waals surface area (Å²) in [5.74, 6) is 1.01. The first-order valence-electron chi connectivity index (χ1n) is 6.98. The van der Waals surface area contributed by atoms with Crippen LogP contribution in [0.2, 0.25) is 0 Å². The van der Waals surface area contributed by atoms with Gasteiger partial charge in [-0.3, -0.25) is 0 Å². The molecule has 0 aliphatic carbocycles. The van der Waals surface area contributed by atoms with Crippen molar-refractivity contribution in [1.29, 1.82) is 0 Å². The molecule has 1 rings (SSSR count). The molecule has 1 fully saturated rings. The summed E-state index contributed by atoms with van der Waals surface area (Å²) in [6.45, 7) is 18.6. The Labute approximate surface area is 112 Å². The van der Waals surface area contributed by atoms with Crippen LogP contribution < -0.4 is 10.6 Å². The highest BCUT2D eigenvalue weighted by Gasteiger charge is 2.38. The Balaban J connectivity index is 2.87. The first-order chi connectivity index (χ1) is 8.54. The van der Waals surface area contributed by atoms with Gasteiger partial charge in [0.2, 0.25) is 0 Å². The van der Waals surface area contributed by atoms with E-state index in [1.54, 1.807) is 0 Å². The summed E-state index contributed by atoms with van der Waals surface area (Å²) in [7, 11) is 0. The van der Waals surface area contributed by atoms with Gasteiger partial charge in [0.1, 0.15) is 0 Å². The highest BCUT2D eigenvalue weighted by Crippen LogP contribution is 2.31. The number of rotatable bonds is 6. The quantitative estimate of drug-likeness (QED) is 0.705. The predicted octanol–water partition coefficient (Wildman–Crippen LogP) is 3.24. The Bertz CT molecular complexity index is 308. The van der Waals surface area contributed by atoms with E-state index in [1.807, 2.05) is 6.08 Å². The zero-order valence-corrected chi connectivity index (χ0v) is 12.1. The lowest BCUT2D eigenvalue weighted by atomic mass is 9.73. The maximum absolute atomic E-state index is 4.07. The fourth-order valence-corrected chi connectivity index (χ4v) is 3.01. The lowest BCUT2D eigenvalue weighted by molar-refractivity contribution is 0.154. The Morgan fingerprint density at radius 1 is 1.28 bits per heavy atom. The molecule has 0 aromatic rings. The molecule has 2 N–H and O–H groups in total. The molecule has 2 heteroatoms. The third kappa shape index (κ3) is 3.26. The fourth-order valence-electron chi connectivity index (χ4n) is 3.01. The van der Waals surface area contributed by atoms with Gasteiger partial charge in [0.25, 0.3) is 0 Å². The van der Waals surface area contributed by atoms with E-state index in [-0.39, 0.29) is 0 Å². The minimum atomic E-state index is 0.371. The molecule has 0 amide bonds. The molecule has 1 saturated heterocycles. The van der Waals surface area contributed by atoms with E-state index in [9.17, 15) is 0 Å². The van der Waals surface area contributed by atoms with E-state index in [4.69, 9.17) is 0 Å². The van der Waals surface area contributed by atoms with Gasteiger partial charge >= 0.3 is 0 Å². The number of hydrogen-bond donors (Lipinski definition) is 2. The molecule has 1 aliphatic rings. The highest BCUT2D eigenvalue weighted by molar-refractivity contribution is 5.09. The predicted molar refractivity (Wildman–Crippen MR) is 80.4 cm³/mol. The van der Waals surface area contributed by atoms with Crippen molar-refractivity contribution in [2.45, 2.75) is 51.7 Å². The van der Waals surface area contributed by atoms with Gasteiger partial charge in [0.05, 0.1) is 0 Å². The van der Waals surface area contributed by atoms with Gasteiger partial charge in [-0.05, 0) is 32.6 Å². The molecule has 5 atom stereocenters. The summed E-state index contributed by atoms with van der Waals surface area (Å²) in [6, 6.07) is 1.29. The minimum Gasteiger partial charge on any atom is -0.384 e. The molecular formula is C16H28N2. The van der Waals surface area contributed by atoms with Crippen molar-refractivity contribution < 1.29 is 0 Å². The second-order valence-electron chi connectivity index (χ2n) is 5.37. The molecule has 4 unspecified atom stereocenters. The third-order valence-electron chi connectivity index (χ3n) is 4.12. The molecule has 102 valence electrons. The average Bonchev–Trinajstić information content (AvgIpc) is 2.35. The first-order valence-corrected chi connectivity index (χ1v) is 6.98. The topological polar surface area (TPSA) is 24.1 Å². The summed E-state index contributed by atoms with van der Waals surface area (Å²) in [5.41, 5.74) is 1.10. The Hall–Kier alpha value is -1.02. The molecule has 0 spiro atoms. The van der Waals surface area contributed by atoms with Gasteiger partial charge in [0.15, 0.2) is 0 Å². The molecule has 0 saturated carbocycles. The van der Waals surface area contributed by atoms with Crippen molar-refractivity contribution in [3.05, 3.63) is 37.6 Å². The van der Waals surface area contributed by atoms with Gasteiger partial charge in [-0.2, -0.15) is 0 Å². The summed E-state index contributed by atoms with van der Waals surface area (Å²) in [4.78, 5) is 0. The maximum atomic E-state index is 4.07. The van der Waals surface area contributed by atoms with E-state index in [2.05, 4.69) is 57.2 Å². The molecular weight excluding hydrogens is 220 g/mol. The van der Waals surface area contributed by atoms with Crippen molar-refractivity contribution in [3.63, 3.8) is 0 Å². The summed E-state index contributed by atoms with van der Waals surface area (Å²) >= 11 is 0. The normalized spacial score (nSPS) is 35.8. The zero-order valence-electron chi connectivity index (χ0n) is 12.1. The molecule has 0 bridgehead atoms. The standard InChI is InChI=1S/C16H28N2/c1-7-10-15-12(5)18-13(6)16(14(15)9-3)17-11(4)8-2/h7,9,12-18H,1,3-4,8,10H2,2,5-6H3/t12?,13?,14-,15?,16?/m1/s1. The van der Waals surface area contributed by atoms with Crippen LogP contribution in [-0.4, -0.2) is 18.1 Å². The van der Waals surface area contributed by atoms with E-state index in [1.165, 1.54) is 0 Å². The van der Waals surface area contributed by atoms with Crippen LogP contribution >= 0.6 is 0 Å². The highest BCUT2D eigenvalue weighted by atomic mass is 15.1. The summed E-state index contributed by atoms with van der Waals surface area (Å²) < 4.78 is 0. The Morgan fingerprint density at radius 2 is 1.94 bits per heavy atom. The van der Waals surface area contributed by atoms with Gasteiger partial charge in [-0.25, -0.2) is 0 Å². The Morgan fingerprint density at radius 3 is 2.44 bits per heavy atom. The van der Waals surface area contributed by atoms with Gasteiger partial charge < -0.3 is 10.6 Å². The second kappa shape index (κ2) is 6.79. The van der Waals surface area contributed by atoms with Crippen LogP contribution in [0.3, 0.4) is 0 Å². The van der Waals surface area contributed by atoms with Crippen molar-refractivity contribution in [3.8, 4) is 0 Å². The number of nitrogens with one attached hydrogen (secondary N) is 2. The summed E-state index contributed by atoms with van der Waals surface area (Å²) in [5, 5.41) is 7.22. The van der Waals surface area contributed by atoms with Crippen LogP contribution in [0.1, 0.15) is 33.6 Å². The molecule has 2 nitrogen and oxygen atoms in total. The molecule has 0 radical (unpaired) electrons. The van der Waals surface area contributed by atoms with E-state index in [0.29, 0.717) is 30.0 Å². The number of allylic oxidation sites excluding steroid dienone is 2. The average molecular weight is 248 g/mol. The molecule has 0 aromatic carbocycles. The van der Waals surface area contributed by atoms with E-state index < -0.39 is 0 Å². The zero-order chi connectivity index (χ0) is 13.7. The number of hydrogen-bond acceptors (Lipinski definition) is 2. The van der Waals surface area contributed by atoms with Crippen LogP contribution in [0.15, 0.2) is 37.6 Å². The molecule has 1 heterocycles. The van der Waals surface area contributed by atoms with Crippen molar-refractivity contribution in [2.24, 2.45) is 11.8 Å². The third-order valence-corrected chi connectivity index (χ3v) is 4.12. The van der Waals surface area contributed by atoms with Gasteiger partial charge in [0, 0.05) is 29.7 Å². The Kier molecular flexibility index (Phi) is 5.67. The van der Waals surface area contributed by atoms with Crippen LogP contribution in [0, 0.1) is 11.8 Å². The fraction of sp³-hybridized carbons (Fsp3) is 0.625. The van der Waals surface area contributed by atoms with Crippen LogP contribution in [0.25, 0.3) is 0 Å². The minimum absolute atomic E-state index is 0.371. The monoisotopic (exact) mass is 248 g/mol. The van der Waals surface area contributed by atoms with Crippen LogP contribution in [0.4, 0.5) is 0 Å². The van der Waals surface area contributed by atoms with Crippen LogP contribution in [0.5, 0.6) is 0 Å². The van der Waals surface area contributed by atoms with E-state index in [0.717, 1.165) is 18.5 Å². The lowest BCUT2D eigenvalue weighted by Gasteiger charge is -2.46. The van der Waals surface area contributed by atoms with E-state index >= 15 is 0 Å². The SMILES string of the molecule is C=CCC1C(C)NC(C)C(NC(=C)CC)[C@@H]1C=C. The van der Waals surface area contributed by atoms with Gasteiger partial charge in [-0.15, -0.1) is 13.2 Å². The first kappa shape index (κ1) is 15.0. The molecule has 18 heavy (non-hydrogen) atoms. The number of piperidine rings is 1. The maximum Gasteiger partial charge on any atom is 0.0474 e. The largest absolute Gasteiger partial charge is 0.384 e. The van der Waals surface area contributed by atoms with Gasteiger partial charge in [-0.1, -0.05) is 25.7 Å². The second-order valence-corrected chi connectivity index (χ2v) is 5.37. The van der Waals surface area contributed by atoms with Crippen molar-refractivity contribution in [1.82, 2.24) is 10.6 Å². The lowest BCUT2D eigenvalue weighted by Crippen LogP contribution is -2.61. The smallest absolute Gasteiger partial charge is 0.0474 e. The summed E-state index contributed by atoms with van der Waals surface area (Å²) in [6.07, 6.45) is 6.10.